The van der Waals surface area contributed by atoms with E-state index >= 15 is 0 Å². The lowest BCUT2D eigenvalue weighted by atomic mass is 10.0. The largest absolute Gasteiger partial charge is 0.480 e. The predicted molar refractivity (Wildman–Crippen MR) is 91.4 cm³/mol. The number of nitrogens with one attached hydrogen (secondary N) is 1. The highest BCUT2D eigenvalue weighted by Crippen LogP contribution is 2.34. The van der Waals surface area contributed by atoms with Crippen LogP contribution >= 0.6 is 15.9 Å². The molecular weight excluding hydrogens is 342 g/mol. The fourth-order valence-corrected chi connectivity index (χ4v) is 2.80. The molecule has 1 N–H and O–H groups in total. The molecule has 1 heterocycles. The van der Waals surface area contributed by atoms with E-state index < -0.39 is 0 Å². The van der Waals surface area contributed by atoms with Gasteiger partial charge in [-0.1, -0.05) is 30.2 Å². The molecule has 1 amide bonds. The van der Waals surface area contributed by atoms with Gasteiger partial charge in [-0.15, -0.1) is 6.42 Å². The van der Waals surface area contributed by atoms with Crippen LogP contribution in [-0.2, 0) is 4.79 Å². The molecule has 0 fully saturated rings. The van der Waals surface area contributed by atoms with Crippen molar-refractivity contribution in [2.75, 3.05) is 11.9 Å². The number of carbonyl (C=O) groups is 1. The molecule has 2 aromatic rings. The quantitative estimate of drug-likeness (QED) is 0.670. The minimum Gasteiger partial charge on any atom is -0.480 e. The molecule has 0 radical (unpaired) electrons. The van der Waals surface area contributed by atoms with Gasteiger partial charge in [0.05, 0.1) is 4.47 Å². The van der Waals surface area contributed by atoms with Crippen LogP contribution in [0.4, 0.5) is 5.69 Å². The third kappa shape index (κ3) is 2.76. The third-order valence-electron chi connectivity index (χ3n) is 3.29. The van der Waals surface area contributed by atoms with Crippen LogP contribution in [0.3, 0.4) is 0 Å². The van der Waals surface area contributed by atoms with E-state index in [1.165, 1.54) is 0 Å². The number of ether oxygens (including phenoxy) is 1. The van der Waals surface area contributed by atoms with E-state index in [0.29, 0.717) is 11.3 Å². The van der Waals surface area contributed by atoms with E-state index in [9.17, 15) is 4.79 Å². The maximum absolute atomic E-state index is 12.1. The Balaban J connectivity index is 1.94. The Morgan fingerprint density at radius 3 is 2.86 bits per heavy atom. The minimum atomic E-state index is -0.0926. The fraction of sp³-hybridized carbons (Fsp3) is 0.0556. The van der Waals surface area contributed by atoms with Crippen LogP contribution in [0.15, 0.2) is 46.9 Å². The van der Waals surface area contributed by atoms with E-state index in [1.54, 1.807) is 0 Å². The van der Waals surface area contributed by atoms with Gasteiger partial charge in [0.1, 0.15) is 12.4 Å². The molecule has 108 valence electrons. The number of fused-ring (bicyclic) bond motifs is 1. The standard InChI is InChI=1S/C18H12BrNO2/c1-2-9-22-17-8-7-12(11-15(17)19)10-14-13-5-3-4-6-16(13)20-18(14)21/h1,3-8,10-11H,9H2,(H,20,21). The Morgan fingerprint density at radius 1 is 1.27 bits per heavy atom. The minimum absolute atomic E-state index is 0.0926. The zero-order valence-electron chi connectivity index (χ0n) is 11.6. The smallest absolute Gasteiger partial charge is 0.256 e. The molecule has 0 spiro atoms. The Labute approximate surface area is 137 Å². The Morgan fingerprint density at radius 2 is 2.09 bits per heavy atom. The van der Waals surface area contributed by atoms with Crippen molar-refractivity contribution in [3.8, 4) is 18.1 Å². The SMILES string of the molecule is C#CCOc1ccc(C=C2C(=O)Nc3ccccc32)cc1Br. The molecular formula is C18H12BrNO2. The van der Waals surface area contributed by atoms with Gasteiger partial charge < -0.3 is 10.1 Å². The molecule has 22 heavy (non-hydrogen) atoms. The molecule has 0 aliphatic carbocycles. The summed E-state index contributed by atoms with van der Waals surface area (Å²) in [6, 6.07) is 13.2. The number of terminal acetylenes is 1. The lowest BCUT2D eigenvalue weighted by Gasteiger charge is -2.06. The Kier molecular flexibility index (Phi) is 3.99. The van der Waals surface area contributed by atoms with E-state index in [2.05, 4.69) is 27.2 Å². The van der Waals surface area contributed by atoms with Crippen molar-refractivity contribution in [2.24, 2.45) is 0 Å². The van der Waals surface area contributed by atoms with Gasteiger partial charge in [0.2, 0.25) is 0 Å². The third-order valence-corrected chi connectivity index (χ3v) is 3.91. The summed E-state index contributed by atoms with van der Waals surface area (Å²) in [5.74, 6) is 3.01. The highest BCUT2D eigenvalue weighted by atomic mass is 79.9. The van der Waals surface area contributed by atoms with Gasteiger partial charge in [-0.05, 0) is 45.8 Å². The monoisotopic (exact) mass is 353 g/mol. The zero-order chi connectivity index (χ0) is 15.5. The number of carbonyl (C=O) groups excluding carboxylic acids is 1. The van der Waals surface area contributed by atoms with Gasteiger partial charge >= 0.3 is 0 Å². The summed E-state index contributed by atoms with van der Waals surface area (Å²) < 4.78 is 6.20. The van der Waals surface area contributed by atoms with Crippen LogP contribution < -0.4 is 10.1 Å². The summed E-state index contributed by atoms with van der Waals surface area (Å²) in [7, 11) is 0. The zero-order valence-corrected chi connectivity index (χ0v) is 13.2. The Bertz CT molecular complexity index is 818. The molecule has 0 saturated heterocycles. The molecule has 0 aromatic heterocycles. The molecule has 3 nitrogen and oxygen atoms in total. The molecule has 0 bridgehead atoms. The van der Waals surface area contributed by atoms with Crippen LogP contribution in [0.1, 0.15) is 11.1 Å². The number of halogens is 1. The van der Waals surface area contributed by atoms with Gasteiger partial charge in [0.25, 0.3) is 5.91 Å². The molecule has 0 unspecified atom stereocenters. The number of benzene rings is 2. The average molecular weight is 354 g/mol. The van der Waals surface area contributed by atoms with Gasteiger partial charge in [-0.2, -0.15) is 0 Å². The first kappa shape index (κ1) is 14.4. The molecule has 0 saturated carbocycles. The average Bonchev–Trinajstić information content (AvgIpc) is 2.83. The normalized spacial score (nSPS) is 14.4. The molecule has 3 rings (SSSR count). The maximum Gasteiger partial charge on any atom is 0.256 e. The van der Waals surface area contributed by atoms with Crippen LogP contribution in [0, 0.1) is 12.3 Å². The summed E-state index contributed by atoms with van der Waals surface area (Å²) >= 11 is 3.45. The van der Waals surface area contributed by atoms with Crippen molar-refractivity contribution in [2.45, 2.75) is 0 Å². The number of anilines is 1. The predicted octanol–water partition coefficient (Wildman–Crippen LogP) is 3.95. The lowest BCUT2D eigenvalue weighted by molar-refractivity contribution is -0.110. The second kappa shape index (κ2) is 6.08. The van der Waals surface area contributed by atoms with Gasteiger partial charge in [-0.25, -0.2) is 0 Å². The lowest BCUT2D eigenvalue weighted by Crippen LogP contribution is -2.03. The van der Waals surface area contributed by atoms with Crippen molar-refractivity contribution in [3.63, 3.8) is 0 Å². The summed E-state index contributed by atoms with van der Waals surface area (Å²) in [5, 5.41) is 2.86. The van der Waals surface area contributed by atoms with E-state index in [1.807, 2.05) is 48.5 Å². The van der Waals surface area contributed by atoms with E-state index in [4.69, 9.17) is 11.2 Å². The molecule has 0 atom stereocenters. The Hall–Kier alpha value is -2.51. The van der Waals surface area contributed by atoms with Crippen molar-refractivity contribution in [1.29, 1.82) is 0 Å². The number of amides is 1. The summed E-state index contributed by atoms with van der Waals surface area (Å²) in [6.45, 7) is 0.217. The van der Waals surface area contributed by atoms with Crippen molar-refractivity contribution in [3.05, 3.63) is 58.1 Å². The van der Waals surface area contributed by atoms with Crippen molar-refractivity contribution < 1.29 is 9.53 Å². The first-order valence-corrected chi connectivity index (χ1v) is 7.46. The first-order valence-electron chi connectivity index (χ1n) is 6.67. The second-order valence-electron chi connectivity index (χ2n) is 4.74. The molecule has 1 aliphatic rings. The van der Waals surface area contributed by atoms with Crippen LogP contribution in [0.5, 0.6) is 5.75 Å². The van der Waals surface area contributed by atoms with E-state index in [-0.39, 0.29) is 12.5 Å². The van der Waals surface area contributed by atoms with Gasteiger partial charge in [0.15, 0.2) is 0 Å². The first-order chi connectivity index (χ1) is 10.7. The number of hydrogen-bond acceptors (Lipinski definition) is 2. The second-order valence-corrected chi connectivity index (χ2v) is 5.59. The number of hydrogen-bond donors (Lipinski definition) is 1. The van der Waals surface area contributed by atoms with Gasteiger partial charge in [-0.3, -0.25) is 4.79 Å². The van der Waals surface area contributed by atoms with Crippen LogP contribution in [0.2, 0.25) is 0 Å². The van der Waals surface area contributed by atoms with Gasteiger partial charge in [0, 0.05) is 16.8 Å². The number of para-hydroxylation sites is 1. The van der Waals surface area contributed by atoms with Crippen LogP contribution in [-0.4, -0.2) is 12.5 Å². The van der Waals surface area contributed by atoms with Crippen LogP contribution in [0.25, 0.3) is 11.6 Å². The summed E-state index contributed by atoms with van der Waals surface area (Å²) in [5.41, 5.74) is 3.31. The molecule has 4 heteroatoms. The highest BCUT2D eigenvalue weighted by molar-refractivity contribution is 9.10. The van der Waals surface area contributed by atoms with E-state index in [0.717, 1.165) is 21.3 Å². The van der Waals surface area contributed by atoms with Crippen molar-refractivity contribution >= 4 is 39.2 Å². The van der Waals surface area contributed by atoms with Crippen molar-refractivity contribution in [1.82, 2.24) is 0 Å². The maximum atomic E-state index is 12.1. The highest BCUT2D eigenvalue weighted by Gasteiger charge is 2.23. The molecule has 1 aliphatic heterocycles. The summed E-state index contributed by atoms with van der Waals surface area (Å²) in [4.78, 5) is 12.1. The number of rotatable bonds is 3. The molecule has 2 aromatic carbocycles. The fourth-order valence-electron chi connectivity index (χ4n) is 2.29. The summed E-state index contributed by atoms with van der Waals surface area (Å²) in [6.07, 6.45) is 7.04. The topological polar surface area (TPSA) is 38.3 Å².